The molecular formula is C10H16N2O3. The van der Waals surface area contributed by atoms with Crippen LogP contribution in [-0.2, 0) is 22.0 Å². The van der Waals surface area contributed by atoms with Crippen LogP contribution < -0.4 is 0 Å². The zero-order valence-corrected chi connectivity index (χ0v) is 9.39. The van der Waals surface area contributed by atoms with Crippen molar-refractivity contribution in [3.8, 4) is 0 Å². The first-order chi connectivity index (χ1) is 6.89. The summed E-state index contributed by atoms with van der Waals surface area (Å²) in [7, 11) is 3.03. The molecule has 1 unspecified atom stereocenters. The summed E-state index contributed by atoms with van der Waals surface area (Å²) in [5.74, 6) is -0.648. The van der Waals surface area contributed by atoms with E-state index >= 15 is 0 Å². The number of carbonyl (C=O) groups is 1. The molecule has 1 N–H and O–H groups in total. The first kappa shape index (κ1) is 11.7. The van der Waals surface area contributed by atoms with Crippen molar-refractivity contribution in [3.05, 3.63) is 18.0 Å². The number of aromatic nitrogens is 2. The Morgan fingerprint density at radius 1 is 1.67 bits per heavy atom. The Labute approximate surface area is 88.7 Å². The maximum absolute atomic E-state index is 11.2. The molecule has 5 nitrogen and oxygen atoms in total. The average molecular weight is 212 g/mol. The second-order valence-corrected chi connectivity index (χ2v) is 4.02. The van der Waals surface area contributed by atoms with E-state index in [4.69, 9.17) is 0 Å². The molecule has 0 spiro atoms. The van der Waals surface area contributed by atoms with E-state index in [0.29, 0.717) is 5.69 Å². The Balaban J connectivity index is 2.96. The van der Waals surface area contributed by atoms with Gasteiger partial charge in [0.2, 0.25) is 0 Å². The van der Waals surface area contributed by atoms with Crippen LogP contribution in [0.3, 0.4) is 0 Å². The fraction of sp³-hybridized carbons (Fsp3) is 0.600. The Morgan fingerprint density at radius 3 is 2.67 bits per heavy atom. The minimum atomic E-state index is -1.21. The molecule has 84 valence electrons. The molecule has 0 aliphatic carbocycles. The molecular weight excluding hydrogens is 196 g/mol. The van der Waals surface area contributed by atoms with Crippen molar-refractivity contribution in [3.63, 3.8) is 0 Å². The first-order valence-electron chi connectivity index (χ1n) is 4.65. The third-order valence-corrected chi connectivity index (χ3v) is 2.48. The second kappa shape index (κ2) is 4.02. The standard InChI is InChI=1S/C10H16N2O3/c1-10(2,8(13)9(14)15-4)7-5-6-12(3)11-7/h5-6,8,13H,1-4H3. The van der Waals surface area contributed by atoms with Gasteiger partial charge in [0.05, 0.1) is 12.8 Å². The molecule has 0 bridgehead atoms. The molecule has 0 fully saturated rings. The van der Waals surface area contributed by atoms with E-state index in [1.807, 2.05) is 0 Å². The third-order valence-electron chi connectivity index (χ3n) is 2.48. The predicted octanol–water partition coefficient (Wildman–Crippen LogP) is 0.232. The molecule has 0 aliphatic rings. The van der Waals surface area contributed by atoms with Gasteiger partial charge in [0, 0.05) is 18.7 Å². The number of esters is 1. The second-order valence-electron chi connectivity index (χ2n) is 4.02. The van der Waals surface area contributed by atoms with Crippen LogP contribution >= 0.6 is 0 Å². The topological polar surface area (TPSA) is 64.3 Å². The van der Waals surface area contributed by atoms with Crippen LogP contribution in [-0.4, -0.2) is 34.1 Å². The van der Waals surface area contributed by atoms with Gasteiger partial charge < -0.3 is 9.84 Å². The van der Waals surface area contributed by atoms with Gasteiger partial charge in [-0.2, -0.15) is 5.10 Å². The van der Waals surface area contributed by atoms with Crippen molar-refractivity contribution < 1.29 is 14.6 Å². The summed E-state index contributed by atoms with van der Waals surface area (Å²) in [4.78, 5) is 11.2. The van der Waals surface area contributed by atoms with E-state index < -0.39 is 17.5 Å². The molecule has 0 aliphatic heterocycles. The molecule has 1 atom stereocenters. The van der Waals surface area contributed by atoms with E-state index in [0.717, 1.165) is 0 Å². The summed E-state index contributed by atoms with van der Waals surface area (Å²) >= 11 is 0. The lowest BCUT2D eigenvalue weighted by Gasteiger charge is -2.26. The van der Waals surface area contributed by atoms with Crippen LogP contribution in [0.5, 0.6) is 0 Å². The highest BCUT2D eigenvalue weighted by atomic mass is 16.5. The molecule has 5 heteroatoms. The van der Waals surface area contributed by atoms with Crippen LogP contribution in [0.15, 0.2) is 12.3 Å². The number of ether oxygens (including phenoxy) is 1. The number of hydrogen-bond acceptors (Lipinski definition) is 4. The average Bonchev–Trinajstić information content (AvgIpc) is 2.63. The monoisotopic (exact) mass is 212 g/mol. The number of aliphatic hydroxyl groups excluding tert-OH is 1. The Bertz CT molecular complexity index is 357. The minimum Gasteiger partial charge on any atom is -0.467 e. The van der Waals surface area contributed by atoms with E-state index in [-0.39, 0.29) is 0 Å². The van der Waals surface area contributed by atoms with Gasteiger partial charge in [0.1, 0.15) is 0 Å². The molecule has 0 saturated carbocycles. The molecule has 0 saturated heterocycles. The van der Waals surface area contributed by atoms with Crippen molar-refractivity contribution >= 4 is 5.97 Å². The van der Waals surface area contributed by atoms with Gasteiger partial charge in [-0.15, -0.1) is 0 Å². The number of aryl methyl sites for hydroxylation is 1. The summed E-state index contributed by atoms with van der Waals surface area (Å²) in [6, 6.07) is 1.77. The molecule has 0 radical (unpaired) electrons. The minimum absolute atomic E-state index is 0.648. The SMILES string of the molecule is COC(=O)C(O)C(C)(C)c1ccn(C)n1. The molecule has 0 aromatic carbocycles. The maximum atomic E-state index is 11.2. The predicted molar refractivity (Wildman–Crippen MR) is 54.3 cm³/mol. The van der Waals surface area contributed by atoms with Gasteiger partial charge in [-0.25, -0.2) is 4.79 Å². The van der Waals surface area contributed by atoms with Crippen LogP contribution in [0.2, 0.25) is 0 Å². The van der Waals surface area contributed by atoms with Crippen molar-refractivity contribution in [2.75, 3.05) is 7.11 Å². The molecule has 1 rings (SSSR count). The number of nitrogens with zero attached hydrogens (tertiary/aromatic N) is 2. The number of methoxy groups -OCH3 is 1. The van der Waals surface area contributed by atoms with Crippen LogP contribution in [0, 0.1) is 0 Å². The fourth-order valence-electron chi connectivity index (χ4n) is 1.31. The van der Waals surface area contributed by atoms with E-state index in [2.05, 4.69) is 9.84 Å². The molecule has 1 heterocycles. The molecule has 1 aromatic rings. The highest BCUT2D eigenvalue weighted by Crippen LogP contribution is 2.26. The molecule has 1 aromatic heterocycles. The van der Waals surface area contributed by atoms with Gasteiger partial charge in [-0.1, -0.05) is 13.8 Å². The van der Waals surface area contributed by atoms with Crippen molar-refractivity contribution in [2.45, 2.75) is 25.4 Å². The van der Waals surface area contributed by atoms with E-state index in [9.17, 15) is 9.90 Å². The Kier molecular flexibility index (Phi) is 3.14. The number of hydrogen-bond donors (Lipinski definition) is 1. The lowest BCUT2D eigenvalue weighted by molar-refractivity contribution is -0.154. The van der Waals surface area contributed by atoms with Gasteiger partial charge >= 0.3 is 5.97 Å². The van der Waals surface area contributed by atoms with Crippen LogP contribution in [0.1, 0.15) is 19.5 Å². The largest absolute Gasteiger partial charge is 0.467 e. The summed E-state index contributed by atoms with van der Waals surface area (Å²) < 4.78 is 6.13. The van der Waals surface area contributed by atoms with Crippen molar-refractivity contribution in [1.82, 2.24) is 9.78 Å². The zero-order valence-electron chi connectivity index (χ0n) is 9.39. The zero-order chi connectivity index (χ0) is 11.6. The number of carbonyl (C=O) groups excluding carboxylic acids is 1. The van der Waals surface area contributed by atoms with Gasteiger partial charge in [-0.05, 0) is 6.07 Å². The number of rotatable bonds is 3. The quantitative estimate of drug-likeness (QED) is 0.728. The summed E-state index contributed by atoms with van der Waals surface area (Å²) in [5.41, 5.74) is -0.100. The Morgan fingerprint density at radius 2 is 2.27 bits per heavy atom. The van der Waals surface area contributed by atoms with Crippen molar-refractivity contribution in [2.24, 2.45) is 7.05 Å². The summed E-state index contributed by atoms with van der Waals surface area (Å²) in [6.07, 6.45) is 0.554. The van der Waals surface area contributed by atoms with Gasteiger partial charge in [-0.3, -0.25) is 4.68 Å². The van der Waals surface area contributed by atoms with Crippen LogP contribution in [0.25, 0.3) is 0 Å². The summed E-state index contributed by atoms with van der Waals surface area (Å²) in [6.45, 7) is 3.49. The highest BCUT2D eigenvalue weighted by Gasteiger charge is 2.37. The maximum Gasteiger partial charge on any atom is 0.335 e. The fourth-order valence-corrected chi connectivity index (χ4v) is 1.31. The third kappa shape index (κ3) is 2.18. The van der Waals surface area contributed by atoms with Gasteiger partial charge in [0.15, 0.2) is 6.10 Å². The number of aliphatic hydroxyl groups is 1. The summed E-state index contributed by atoms with van der Waals surface area (Å²) in [5, 5.41) is 14.0. The molecule has 15 heavy (non-hydrogen) atoms. The van der Waals surface area contributed by atoms with E-state index in [1.165, 1.54) is 7.11 Å². The Hall–Kier alpha value is -1.36. The smallest absolute Gasteiger partial charge is 0.335 e. The molecule has 0 amide bonds. The van der Waals surface area contributed by atoms with Crippen molar-refractivity contribution in [1.29, 1.82) is 0 Å². The van der Waals surface area contributed by atoms with Gasteiger partial charge in [0.25, 0.3) is 0 Å². The normalized spacial score (nSPS) is 13.7. The van der Waals surface area contributed by atoms with E-state index in [1.54, 1.807) is 37.8 Å². The lowest BCUT2D eigenvalue weighted by atomic mass is 9.83. The van der Waals surface area contributed by atoms with Crippen LogP contribution in [0.4, 0.5) is 0 Å². The highest BCUT2D eigenvalue weighted by molar-refractivity contribution is 5.76. The lowest BCUT2D eigenvalue weighted by Crippen LogP contribution is -2.41. The first-order valence-corrected chi connectivity index (χ1v) is 4.65.